The predicted octanol–water partition coefficient (Wildman–Crippen LogP) is 3.69. The van der Waals surface area contributed by atoms with Crippen LogP contribution in [0.3, 0.4) is 0 Å². The second-order valence-corrected chi connectivity index (χ2v) is 14.7. The van der Waals surface area contributed by atoms with Crippen molar-refractivity contribution in [3.05, 3.63) is 47.5 Å². The van der Waals surface area contributed by atoms with E-state index in [0.717, 1.165) is 12.3 Å². The van der Waals surface area contributed by atoms with Crippen LogP contribution >= 0.6 is 0 Å². The molecule has 0 aromatic heterocycles. The highest BCUT2D eigenvalue weighted by molar-refractivity contribution is 7.92. The summed E-state index contributed by atoms with van der Waals surface area (Å²) >= 11 is 0. The van der Waals surface area contributed by atoms with Gasteiger partial charge in [-0.05, 0) is 65.0 Å². The molecule has 1 amide bonds. The minimum atomic E-state index is -4.00. The number of rotatable bonds is 6. The van der Waals surface area contributed by atoms with E-state index >= 15 is 0 Å². The molecule has 1 aliphatic heterocycles. The maximum absolute atomic E-state index is 14.9. The van der Waals surface area contributed by atoms with Gasteiger partial charge >= 0.3 is 0 Å². The van der Waals surface area contributed by atoms with Gasteiger partial charge in [0, 0.05) is 32.4 Å². The molecule has 0 unspecified atom stereocenters. The first kappa shape index (κ1) is 28.8. The highest BCUT2D eigenvalue weighted by Gasteiger charge is 2.31. The van der Waals surface area contributed by atoms with Gasteiger partial charge in [0.05, 0.1) is 21.4 Å². The maximum Gasteiger partial charge on any atom is 0.257 e. The van der Waals surface area contributed by atoms with E-state index in [1.165, 1.54) is 47.9 Å². The largest absolute Gasteiger partial charge is 0.487 e. The lowest BCUT2D eigenvalue weighted by molar-refractivity contribution is 0.0730. The molecule has 0 bridgehead atoms. The summed E-state index contributed by atoms with van der Waals surface area (Å²) in [6, 6.07) is 6.42. The Labute approximate surface area is 217 Å². The fraction of sp³-hybridized carbons (Fsp3) is 0.480. The molecule has 1 fully saturated rings. The van der Waals surface area contributed by atoms with Crippen LogP contribution in [-0.2, 0) is 19.7 Å². The first-order valence-corrected chi connectivity index (χ1v) is 15.2. The Morgan fingerprint density at radius 1 is 0.946 bits per heavy atom. The standard InChI is InChI=1S/C25H32F2N2O6S2/c1-16(2)37(33,34)21-10-8-19(22(26)23(21)27)28-11-13-29(14-12-28)24(30)18-15-17(36(6,31)32)7-9-20(18)35-25(3,4)5/h7-10,15-16H,11-14H2,1-6H3. The minimum absolute atomic E-state index is 0.0234. The number of sulfone groups is 2. The molecule has 3 rings (SSSR count). The Balaban J connectivity index is 1.85. The second-order valence-electron chi connectivity index (χ2n) is 10.2. The number of amides is 1. The molecule has 204 valence electrons. The molecule has 0 spiro atoms. The number of hydrogen-bond donors (Lipinski definition) is 0. The number of ether oxygens (including phenoxy) is 1. The summed E-state index contributed by atoms with van der Waals surface area (Å²) < 4.78 is 84.3. The van der Waals surface area contributed by atoms with Crippen LogP contribution in [0.5, 0.6) is 5.75 Å². The van der Waals surface area contributed by atoms with Gasteiger partial charge in [0.25, 0.3) is 5.91 Å². The molecule has 2 aromatic rings. The van der Waals surface area contributed by atoms with Crippen molar-refractivity contribution < 1.29 is 35.1 Å². The minimum Gasteiger partial charge on any atom is -0.487 e. The summed E-state index contributed by atoms with van der Waals surface area (Å²) in [4.78, 5) is 15.7. The molecule has 0 saturated carbocycles. The summed E-state index contributed by atoms with van der Waals surface area (Å²) in [6.45, 7) is 8.77. The Hall–Kier alpha value is -2.73. The molecular formula is C25H32F2N2O6S2. The Morgan fingerprint density at radius 2 is 1.54 bits per heavy atom. The van der Waals surface area contributed by atoms with Gasteiger partial charge in [-0.25, -0.2) is 25.6 Å². The second kappa shape index (κ2) is 10.2. The highest BCUT2D eigenvalue weighted by Crippen LogP contribution is 2.31. The van der Waals surface area contributed by atoms with E-state index in [-0.39, 0.29) is 48.1 Å². The SMILES string of the molecule is CC(C)S(=O)(=O)c1ccc(N2CCN(C(=O)c3cc(S(C)(=O)=O)ccc3OC(C)(C)C)CC2)c(F)c1F. The lowest BCUT2D eigenvalue weighted by atomic mass is 10.1. The van der Waals surface area contributed by atoms with Crippen LogP contribution in [0.1, 0.15) is 45.0 Å². The Kier molecular flexibility index (Phi) is 7.95. The molecule has 0 N–H and O–H groups in total. The number of halogens is 2. The molecule has 37 heavy (non-hydrogen) atoms. The molecule has 0 atom stereocenters. The monoisotopic (exact) mass is 558 g/mol. The summed E-state index contributed by atoms with van der Waals surface area (Å²) in [5, 5.41) is -0.907. The van der Waals surface area contributed by atoms with Crippen LogP contribution in [0.25, 0.3) is 0 Å². The zero-order valence-electron chi connectivity index (χ0n) is 21.7. The normalized spacial score (nSPS) is 15.3. The summed E-state index contributed by atoms with van der Waals surface area (Å²) in [5.74, 6) is -2.90. The van der Waals surface area contributed by atoms with Crippen LogP contribution < -0.4 is 9.64 Å². The third kappa shape index (κ3) is 6.23. The lowest BCUT2D eigenvalue weighted by Gasteiger charge is -2.36. The average molecular weight is 559 g/mol. The molecule has 8 nitrogen and oxygen atoms in total. The van der Waals surface area contributed by atoms with Crippen molar-refractivity contribution in [2.45, 2.75) is 55.3 Å². The summed E-state index contributed by atoms with van der Waals surface area (Å²) in [7, 11) is -7.58. The Bertz CT molecular complexity index is 1410. The molecule has 2 aromatic carbocycles. The number of benzene rings is 2. The van der Waals surface area contributed by atoms with Crippen molar-refractivity contribution in [1.82, 2.24) is 4.90 Å². The maximum atomic E-state index is 14.9. The highest BCUT2D eigenvalue weighted by atomic mass is 32.2. The molecule has 12 heteroatoms. The quantitative estimate of drug-likeness (QED) is 0.533. The van der Waals surface area contributed by atoms with Gasteiger partial charge in [-0.1, -0.05) is 0 Å². The first-order valence-electron chi connectivity index (χ1n) is 11.7. The van der Waals surface area contributed by atoms with Gasteiger partial charge in [0.2, 0.25) is 0 Å². The van der Waals surface area contributed by atoms with Gasteiger partial charge in [0.1, 0.15) is 16.2 Å². The van der Waals surface area contributed by atoms with E-state index in [0.29, 0.717) is 0 Å². The average Bonchev–Trinajstić information content (AvgIpc) is 2.78. The molecular weight excluding hydrogens is 526 g/mol. The van der Waals surface area contributed by atoms with E-state index in [1.54, 1.807) is 20.8 Å². The van der Waals surface area contributed by atoms with Gasteiger partial charge in [-0.15, -0.1) is 0 Å². The molecule has 1 heterocycles. The Morgan fingerprint density at radius 3 is 2.05 bits per heavy atom. The van der Waals surface area contributed by atoms with Gasteiger partial charge in [-0.2, -0.15) is 0 Å². The molecule has 1 saturated heterocycles. The van der Waals surface area contributed by atoms with Gasteiger partial charge < -0.3 is 14.5 Å². The fourth-order valence-electron chi connectivity index (χ4n) is 3.89. The number of nitrogens with zero attached hydrogens (tertiary/aromatic N) is 2. The number of hydrogen-bond acceptors (Lipinski definition) is 7. The molecule has 0 radical (unpaired) electrons. The van der Waals surface area contributed by atoms with E-state index in [1.807, 2.05) is 0 Å². The topological polar surface area (TPSA) is 101 Å². The van der Waals surface area contributed by atoms with Crippen molar-refractivity contribution in [2.75, 3.05) is 37.3 Å². The van der Waals surface area contributed by atoms with Crippen molar-refractivity contribution in [2.24, 2.45) is 0 Å². The predicted molar refractivity (Wildman–Crippen MR) is 137 cm³/mol. The third-order valence-electron chi connectivity index (χ3n) is 5.89. The number of anilines is 1. The third-order valence-corrected chi connectivity index (χ3v) is 9.17. The number of carbonyl (C=O) groups is 1. The van der Waals surface area contributed by atoms with Crippen LogP contribution in [0, 0.1) is 11.6 Å². The summed E-state index contributed by atoms with van der Waals surface area (Å²) in [5.41, 5.74) is -0.646. The van der Waals surface area contributed by atoms with Crippen LogP contribution in [-0.4, -0.2) is 70.9 Å². The zero-order valence-corrected chi connectivity index (χ0v) is 23.3. The van der Waals surface area contributed by atoms with Crippen LogP contribution in [0.4, 0.5) is 14.5 Å². The van der Waals surface area contributed by atoms with Crippen LogP contribution in [0.2, 0.25) is 0 Å². The van der Waals surface area contributed by atoms with E-state index in [4.69, 9.17) is 4.74 Å². The van der Waals surface area contributed by atoms with E-state index in [9.17, 15) is 30.4 Å². The smallest absolute Gasteiger partial charge is 0.257 e. The number of carbonyl (C=O) groups excluding carboxylic acids is 1. The zero-order chi connectivity index (χ0) is 27.9. The fourth-order valence-corrected chi connectivity index (χ4v) is 5.64. The van der Waals surface area contributed by atoms with Gasteiger partial charge in [-0.3, -0.25) is 4.79 Å². The van der Waals surface area contributed by atoms with Crippen molar-refractivity contribution >= 4 is 31.3 Å². The summed E-state index contributed by atoms with van der Waals surface area (Å²) in [6.07, 6.45) is 1.05. The molecule has 0 aliphatic carbocycles. The van der Waals surface area contributed by atoms with Crippen LogP contribution in [0.15, 0.2) is 40.1 Å². The van der Waals surface area contributed by atoms with E-state index in [2.05, 4.69) is 0 Å². The van der Waals surface area contributed by atoms with Crippen molar-refractivity contribution in [1.29, 1.82) is 0 Å². The molecule has 1 aliphatic rings. The van der Waals surface area contributed by atoms with Gasteiger partial charge in [0.15, 0.2) is 31.3 Å². The van der Waals surface area contributed by atoms with E-state index < -0.39 is 53.0 Å². The lowest BCUT2D eigenvalue weighted by Crippen LogP contribution is -2.49. The van der Waals surface area contributed by atoms with Crippen molar-refractivity contribution in [3.63, 3.8) is 0 Å². The number of piperazine rings is 1. The van der Waals surface area contributed by atoms with Crippen molar-refractivity contribution in [3.8, 4) is 5.75 Å². The first-order chi connectivity index (χ1) is 16.9.